The zero-order chi connectivity index (χ0) is 44.5. The number of alkyl halides is 2. The number of halogens is 2. The van der Waals surface area contributed by atoms with E-state index in [0.29, 0.717) is 27.5 Å². The summed E-state index contributed by atoms with van der Waals surface area (Å²) in [7, 11) is 0. The van der Waals surface area contributed by atoms with Crippen LogP contribution < -0.4 is 11.1 Å². The molecule has 2 aliphatic heterocycles. The second-order valence-electron chi connectivity index (χ2n) is 14.5. The molecular formula is C44H42F2N8O8. The van der Waals surface area contributed by atoms with Gasteiger partial charge in [0.1, 0.15) is 42.2 Å². The molecule has 0 saturated carbocycles. The van der Waals surface area contributed by atoms with Crippen molar-refractivity contribution in [1.29, 1.82) is 0 Å². The minimum Gasteiger partial charge on any atom is -0.437 e. The zero-order valence-electron chi connectivity index (χ0n) is 33.9. The molecule has 62 heavy (non-hydrogen) atoms. The van der Waals surface area contributed by atoms with E-state index in [-0.39, 0.29) is 29.6 Å². The summed E-state index contributed by atoms with van der Waals surface area (Å²) in [5, 5.41) is 33.8. The molecule has 6 N–H and O–H groups in total. The van der Waals surface area contributed by atoms with Crippen LogP contribution in [0.3, 0.4) is 0 Å². The molecule has 2 aliphatic rings. The van der Waals surface area contributed by atoms with Gasteiger partial charge >= 0.3 is 5.97 Å². The summed E-state index contributed by atoms with van der Waals surface area (Å²) in [6.07, 6.45) is 0.915. The molecule has 8 atom stereocenters. The molecule has 6 heterocycles. The van der Waals surface area contributed by atoms with E-state index in [0.717, 1.165) is 0 Å². The molecule has 16 nitrogen and oxygen atoms in total. The van der Waals surface area contributed by atoms with Gasteiger partial charge in [-0.25, -0.2) is 33.5 Å². The number of hydrogen-bond acceptors (Lipinski definition) is 13. The minimum absolute atomic E-state index is 0.00721. The molecule has 4 aromatic heterocycles. The van der Waals surface area contributed by atoms with E-state index >= 15 is 4.39 Å². The molecule has 0 unspecified atom stereocenters. The Hall–Kier alpha value is -6.80. The third kappa shape index (κ3) is 7.37. The molecule has 2 aromatic carbocycles. The Morgan fingerprint density at radius 3 is 2.02 bits per heavy atom. The van der Waals surface area contributed by atoms with Gasteiger partial charge in [0.2, 0.25) is 17.1 Å². The van der Waals surface area contributed by atoms with Crippen molar-refractivity contribution in [2.24, 2.45) is 5.92 Å². The molecule has 0 bridgehead atoms. The lowest BCUT2D eigenvalue weighted by Crippen LogP contribution is -2.50. The number of ether oxygens (including phenoxy) is 3. The maximum Gasteiger partial charge on any atom is 0.339 e. The summed E-state index contributed by atoms with van der Waals surface area (Å²) in [6, 6.07) is 20.4. The van der Waals surface area contributed by atoms with Crippen molar-refractivity contribution in [1.82, 2.24) is 29.1 Å². The van der Waals surface area contributed by atoms with Crippen LogP contribution in [0.25, 0.3) is 22.1 Å². The third-order valence-corrected chi connectivity index (χ3v) is 10.9. The number of fused-ring (bicyclic) bond motifs is 2. The Morgan fingerprint density at radius 2 is 1.40 bits per heavy atom. The topological polar surface area (TPSA) is 222 Å². The predicted octanol–water partition coefficient (Wildman–Crippen LogP) is 4.86. The summed E-state index contributed by atoms with van der Waals surface area (Å²) >= 11 is 0. The van der Waals surface area contributed by atoms with Gasteiger partial charge in [0.15, 0.2) is 18.6 Å². The molecule has 0 aliphatic carbocycles. The van der Waals surface area contributed by atoms with Crippen LogP contribution in [0.5, 0.6) is 0 Å². The van der Waals surface area contributed by atoms with Crippen molar-refractivity contribution in [3.05, 3.63) is 109 Å². The lowest BCUT2D eigenvalue weighted by molar-refractivity contribution is -0.206. The highest BCUT2D eigenvalue weighted by Crippen LogP contribution is 2.54. The summed E-state index contributed by atoms with van der Waals surface area (Å²) < 4.78 is 50.8. The fraction of sp³-hybridized carbons (Fsp3) is 0.318. The molecule has 18 heteroatoms. The van der Waals surface area contributed by atoms with Gasteiger partial charge in [-0.3, -0.25) is 4.79 Å². The average molecular weight is 849 g/mol. The lowest BCUT2D eigenvalue weighted by atomic mass is 9.83. The number of benzene rings is 2. The van der Waals surface area contributed by atoms with E-state index in [1.165, 1.54) is 30.3 Å². The van der Waals surface area contributed by atoms with Gasteiger partial charge in [0, 0.05) is 24.4 Å². The number of aliphatic hydroxyl groups is 3. The molecular weight excluding hydrogens is 807 g/mol. The number of aliphatic hydroxyl groups excluding tert-OH is 2. The Labute approximate surface area is 353 Å². The first kappa shape index (κ1) is 43.3. The molecule has 8 rings (SSSR count). The van der Waals surface area contributed by atoms with E-state index in [1.807, 2.05) is 6.07 Å². The normalized spacial score (nSPS) is 27.6. The molecule has 2 saturated heterocycles. The van der Waals surface area contributed by atoms with Gasteiger partial charge in [-0.2, -0.15) is 0 Å². The number of aromatic nitrogens is 6. The highest BCUT2D eigenvalue weighted by Gasteiger charge is 2.66. The van der Waals surface area contributed by atoms with E-state index < -0.39 is 60.0 Å². The first-order chi connectivity index (χ1) is 29.7. The SMILES string of the molecule is CC#C[C@]1(O)[C@H](n2ccc3c(N)ncnc32)O[C@](F)(CO)[C@H]1O.CC#C[C@]1(OC(=O)c2ccccc2)[C@H](n2ccc3c(NC(=O)c4ccccc4)ncnc32)O[C@](F)(CC)[C@H]1C. The molecule has 320 valence electrons. The number of esters is 1. The van der Waals surface area contributed by atoms with Gasteiger partial charge < -0.3 is 49.7 Å². The number of hydrogen-bond donors (Lipinski definition) is 5. The van der Waals surface area contributed by atoms with Crippen LogP contribution in [0.2, 0.25) is 0 Å². The molecule has 6 aromatic rings. The van der Waals surface area contributed by atoms with Crippen LogP contribution >= 0.6 is 0 Å². The smallest absolute Gasteiger partial charge is 0.339 e. The number of carbonyl (C=O) groups excluding carboxylic acids is 2. The number of anilines is 2. The van der Waals surface area contributed by atoms with Gasteiger partial charge in [-0.05, 0) is 50.2 Å². The summed E-state index contributed by atoms with van der Waals surface area (Å²) in [5.41, 5.74) is 3.17. The van der Waals surface area contributed by atoms with E-state index in [9.17, 15) is 29.3 Å². The number of nitrogens with one attached hydrogen (secondary N) is 1. The Morgan fingerprint density at radius 1 is 0.839 bits per heavy atom. The van der Waals surface area contributed by atoms with Crippen LogP contribution in [-0.4, -0.2) is 91.9 Å². The molecule has 1 amide bonds. The van der Waals surface area contributed by atoms with Crippen molar-refractivity contribution in [3.63, 3.8) is 0 Å². The van der Waals surface area contributed by atoms with Crippen LogP contribution in [0, 0.1) is 29.6 Å². The van der Waals surface area contributed by atoms with Gasteiger partial charge in [0.25, 0.3) is 11.8 Å². The maximum atomic E-state index is 16.2. The second kappa shape index (κ2) is 16.9. The van der Waals surface area contributed by atoms with Crippen molar-refractivity contribution < 1.29 is 47.9 Å². The first-order valence-electron chi connectivity index (χ1n) is 19.4. The van der Waals surface area contributed by atoms with Crippen molar-refractivity contribution >= 4 is 45.6 Å². The quantitative estimate of drug-likeness (QED) is 0.102. The van der Waals surface area contributed by atoms with Crippen LogP contribution in [0.1, 0.15) is 67.3 Å². The third-order valence-electron chi connectivity index (χ3n) is 10.9. The van der Waals surface area contributed by atoms with Crippen LogP contribution in [0.4, 0.5) is 20.4 Å². The van der Waals surface area contributed by atoms with Crippen molar-refractivity contribution in [3.8, 4) is 23.7 Å². The van der Waals surface area contributed by atoms with Gasteiger partial charge in [0.05, 0.1) is 22.3 Å². The molecule has 0 radical (unpaired) electrons. The molecule has 0 spiro atoms. The fourth-order valence-corrected chi connectivity index (χ4v) is 7.61. The number of nitrogen functional groups attached to an aromatic ring is 1. The Kier molecular flexibility index (Phi) is 11.8. The van der Waals surface area contributed by atoms with Crippen LogP contribution in [-0.2, 0) is 14.2 Å². The predicted molar refractivity (Wildman–Crippen MR) is 221 cm³/mol. The summed E-state index contributed by atoms with van der Waals surface area (Å²) in [6.45, 7) is 5.16. The van der Waals surface area contributed by atoms with E-state index in [4.69, 9.17) is 19.9 Å². The van der Waals surface area contributed by atoms with E-state index in [1.54, 1.807) is 98.3 Å². The fourth-order valence-electron chi connectivity index (χ4n) is 7.61. The monoisotopic (exact) mass is 848 g/mol. The lowest BCUT2D eigenvalue weighted by Gasteiger charge is -2.33. The highest BCUT2D eigenvalue weighted by atomic mass is 19.2. The second-order valence-corrected chi connectivity index (χ2v) is 14.5. The maximum absolute atomic E-state index is 16.2. The largest absolute Gasteiger partial charge is 0.437 e. The number of carbonyl (C=O) groups is 2. The minimum atomic E-state index is -2.86. The Bertz CT molecular complexity index is 2750. The summed E-state index contributed by atoms with van der Waals surface area (Å²) in [4.78, 5) is 42.6. The number of nitrogens with zero attached hydrogens (tertiary/aromatic N) is 6. The highest BCUT2D eigenvalue weighted by molar-refractivity contribution is 6.07. The van der Waals surface area contributed by atoms with Crippen molar-refractivity contribution in [2.75, 3.05) is 17.7 Å². The van der Waals surface area contributed by atoms with Gasteiger partial charge in [-0.1, -0.05) is 62.1 Å². The van der Waals surface area contributed by atoms with Gasteiger partial charge in [-0.15, -0.1) is 11.8 Å². The average Bonchev–Trinajstić information content (AvgIpc) is 4.02. The zero-order valence-corrected chi connectivity index (χ0v) is 33.9. The van der Waals surface area contributed by atoms with E-state index in [2.05, 4.69) is 48.9 Å². The Balaban J connectivity index is 0.000000213. The number of nitrogens with two attached hydrogens (primary N) is 1. The standard InChI is InChI=1S/C30H27FN4O4.C14H15FN4O4/c1-4-17-29(38-27(37)22-14-10-7-11-15-22)20(3)30(31,5-2)39-28(29)35-18-16-23-24(32-19-33-25(23)35)34-26(36)21-12-8-6-9-13-21;1-2-4-13(22)11(21)14(15,6-20)23-12(13)19-5-3-8-9(16)17-7-18-10(8)19/h6-16,18-20,28H,5H2,1-3H3,(H,32,33,34,36);3,5,7,11-12,20-22H,6H2,1H3,(H2,16,17,18)/t20-,28+,29+,30+;11-,12+,13+,14+/m00/s1. The number of amides is 1. The van der Waals surface area contributed by atoms with Crippen LogP contribution in [0.15, 0.2) is 97.8 Å². The number of rotatable bonds is 8. The molecule has 2 fully saturated rings. The van der Waals surface area contributed by atoms with Crippen molar-refractivity contribution in [2.45, 2.75) is 75.6 Å². The summed E-state index contributed by atoms with van der Waals surface area (Å²) in [5.74, 6) is 4.12. The first-order valence-corrected chi connectivity index (χ1v) is 19.4.